The van der Waals surface area contributed by atoms with E-state index in [1.54, 1.807) is 6.92 Å². The van der Waals surface area contributed by atoms with Gasteiger partial charge in [0, 0.05) is 5.57 Å². The van der Waals surface area contributed by atoms with Crippen LogP contribution in [0.1, 0.15) is 6.92 Å². The van der Waals surface area contributed by atoms with Crippen LogP contribution in [0.3, 0.4) is 0 Å². The van der Waals surface area contributed by atoms with Crippen LogP contribution in [0.25, 0.3) is 21.5 Å². The van der Waals surface area contributed by atoms with Gasteiger partial charge in [0.05, 0.1) is 0 Å². The molecule has 0 heterocycles. The number of rotatable bonds is 5. The van der Waals surface area contributed by atoms with Crippen LogP contribution in [-0.4, -0.2) is 19.2 Å². The lowest BCUT2D eigenvalue weighted by molar-refractivity contribution is -0.139. The van der Waals surface area contributed by atoms with E-state index >= 15 is 0 Å². The van der Waals surface area contributed by atoms with Crippen LogP contribution >= 0.6 is 0 Å². The number of benzene rings is 3. The average molecular weight is 306 g/mol. The molecule has 0 aliphatic carbocycles. The fourth-order valence-corrected chi connectivity index (χ4v) is 2.50. The minimum atomic E-state index is -0.390. The van der Waals surface area contributed by atoms with Gasteiger partial charge in [0.25, 0.3) is 0 Å². The van der Waals surface area contributed by atoms with Crippen molar-refractivity contribution in [2.75, 3.05) is 13.2 Å². The van der Waals surface area contributed by atoms with Gasteiger partial charge in [-0.1, -0.05) is 49.0 Å². The molecule has 0 fully saturated rings. The molecule has 23 heavy (non-hydrogen) atoms. The molecule has 3 nitrogen and oxygen atoms in total. The number of fused-ring (bicyclic) bond motifs is 3. The van der Waals surface area contributed by atoms with Gasteiger partial charge in [-0.3, -0.25) is 0 Å². The van der Waals surface area contributed by atoms with Gasteiger partial charge < -0.3 is 9.47 Å². The van der Waals surface area contributed by atoms with Crippen LogP contribution in [-0.2, 0) is 9.53 Å². The molecule has 0 atom stereocenters. The molecule has 3 aromatic carbocycles. The van der Waals surface area contributed by atoms with Crippen molar-refractivity contribution in [3.63, 3.8) is 0 Å². The Morgan fingerprint density at radius 1 is 0.957 bits per heavy atom. The quantitative estimate of drug-likeness (QED) is 0.301. The second-order valence-electron chi connectivity index (χ2n) is 5.43. The number of esters is 1. The molecule has 0 radical (unpaired) electrons. The highest BCUT2D eigenvalue weighted by molar-refractivity contribution is 6.07. The molecule has 0 unspecified atom stereocenters. The van der Waals surface area contributed by atoms with Crippen LogP contribution in [0.2, 0.25) is 0 Å². The first kappa shape index (κ1) is 15.1. The summed E-state index contributed by atoms with van der Waals surface area (Å²) in [6, 6.07) is 18.5. The maximum absolute atomic E-state index is 11.3. The summed E-state index contributed by atoms with van der Waals surface area (Å²) in [5.74, 6) is 0.373. The maximum atomic E-state index is 11.3. The fourth-order valence-electron chi connectivity index (χ4n) is 2.50. The van der Waals surface area contributed by atoms with Gasteiger partial charge in [0.2, 0.25) is 0 Å². The first-order valence-corrected chi connectivity index (χ1v) is 7.52. The van der Waals surface area contributed by atoms with E-state index in [0.29, 0.717) is 12.2 Å². The zero-order valence-electron chi connectivity index (χ0n) is 13.0. The Hall–Kier alpha value is -2.81. The smallest absolute Gasteiger partial charge is 0.333 e. The van der Waals surface area contributed by atoms with Crippen LogP contribution in [0.5, 0.6) is 5.75 Å². The van der Waals surface area contributed by atoms with Crippen molar-refractivity contribution in [1.29, 1.82) is 0 Å². The second kappa shape index (κ2) is 6.53. The topological polar surface area (TPSA) is 35.5 Å². The number of hydrogen-bond acceptors (Lipinski definition) is 3. The van der Waals surface area contributed by atoms with Gasteiger partial charge in [-0.2, -0.15) is 0 Å². The Kier molecular flexibility index (Phi) is 4.29. The molecule has 3 aromatic rings. The van der Waals surface area contributed by atoms with E-state index in [0.717, 1.165) is 11.1 Å². The molecular formula is C20H18O3. The lowest BCUT2D eigenvalue weighted by Crippen LogP contribution is -2.12. The third-order valence-corrected chi connectivity index (χ3v) is 3.65. The summed E-state index contributed by atoms with van der Waals surface area (Å²) in [5.41, 5.74) is 0.391. The standard InChI is InChI=1S/C20H18O3/c1-14(2)20(21)23-12-11-22-17-9-10-19-16(13-17)8-7-15-5-3-4-6-18(15)19/h3-10,13H,1,11-12H2,2H3. The third kappa shape index (κ3) is 3.34. The van der Waals surface area contributed by atoms with E-state index in [4.69, 9.17) is 9.47 Å². The minimum Gasteiger partial charge on any atom is -0.490 e. The van der Waals surface area contributed by atoms with E-state index in [2.05, 4.69) is 36.9 Å². The molecular weight excluding hydrogens is 288 g/mol. The van der Waals surface area contributed by atoms with E-state index in [-0.39, 0.29) is 6.61 Å². The molecule has 0 saturated heterocycles. The summed E-state index contributed by atoms with van der Waals surface area (Å²) in [6.07, 6.45) is 0. The molecule has 0 aliphatic rings. The molecule has 0 N–H and O–H groups in total. The van der Waals surface area contributed by atoms with Crippen molar-refractivity contribution in [1.82, 2.24) is 0 Å². The Balaban J connectivity index is 1.72. The Labute approximate surface area is 135 Å². The summed E-state index contributed by atoms with van der Waals surface area (Å²) in [5, 5.41) is 4.77. The van der Waals surface area contributed by atoms with Crippen molar-refractivity contribution >= 4 is 27.5 Å². The van der Waals surface area contributed by atoms with Crippen molar-refractivity contribution < 1.29 is 14.3 Å². The molecule has 0 bridgehead atoms. The molecule has 0 saturated carbocycles. The highest BCUT2D eigenvalue weighted by Crippen LogP contribution is 2.28. The number of carbonyl (C=O) groups is 1. The summed E-state index contributed by atoms with van der Waals surface area (Å²) in [4.78, 5) is 11.3. The highest BCUT2D eigenvalue weighted by Gasteiger charge is 2.04. The molecule has 0 amide bonds. The monoisotopic (exact) mass is 306 g/mol. The van der Waals surface area contributed by atoms with Crippen LogP contribution < -0.4 is 4.74 Å². The average Bonchev–Trinajstić information content (AvgIpc) is 2.58. The lowest BCUT2D eigenvalue weighted by Gasteiger charge is -2.09. The summed E-state index contributed by atoms with van der Waals surface area (Å²) in [7, 11) is 0. The highest BCUT2D eigenvalue weighted by atomic mass is 16.6. The van der Waals surface area contributed by atoms with E-state index < -0.39 is 5.97 Å². The second-order valence-corrected chi connectivity index (χ2v) is 5.43. The fraction of sp³-hybridized carbons (Fsp3) is 0.150. The van der Waals surface area contributed by atoms with Gasteiger partial charge >= 0.3 is 5.97 Å². The predicted octanol–water partition coefficient (Wildman–Crippen LogP) is 4.49. The number of carbonyl (C=O) groups excluding carboxylic acids is 1. The van der Waals surface area contributed by atoms with Crippen molar-refractivity contribution in [2.24, 2.45) is 0 Å². The Morgan fingerprint density at radius 2 is 1.70 bits per heavy atom. The molecule has 0 aromatic heterocycles. The largest absolute Gasteiger partial charge is 0.490 e. The SMILES string of the molecule is C=C(C)C(=O)OCCOc1ccc2c(ccc3ccccc32)c1. The normalized spacial score (nSPS) is 10.7. The van der Waals surface area contributed by atoms with Crippen molar-refractivity contribution in [2.45, 2.75) is 6.92 Å². The predicted molar refractivity (Wildman–Crippen MR) is 92.7 cm³/mol. The van der Waals surface area contributed by atoms with E-state index in [9.17, 15) is 4.79 Å². The summed E-state index contributed by atoms with van der Waals surface area (Å²) >= 11 is 0. The number of hydrogen-bond donors (Lipinski definition) is 0. The Morgan fingerprint density at radius 3 is 2.52 bits per heavy atom. The van der Waals surface area contributed by atoms with Gasteiger partial charge in [-0.15, -0.1) is 0 Å². The zero-order chi connectivity index (χ0) is 16.2. The van der Waals surface area contributed by atoms with Crippen molar-refractivity contribution in [3.8, 4) is 5.75 Å². The van der Waals surface area contributed by atoms with Crippen LogP contribution in [0.4, 0.5) is 0 Å². The Bertz CT molecular complexity index is 880. The molecule has 0 aliphatic heterocycles. The van der Waals surface area contributed by atoms with Gasteiger partial charge in [-0.05, 0) is 40.6 Å². The molecule has 3 heteroatoms. The zero-order valence-corrected chi connectivity index (χ0v) is 13.0. The van der Waals surface area contributed by atoms with Gasteiger partial charge in [0.1, 0.15) is 19.0 Å². The third-order valence-electron chi connectivity index (χ3n) is 3.65. The molecule has 116 valence electrons. The number of ether oxygens (including phenoxy) is 2. The molecule has 3 rings (SSSR count). The van der Waals surface area contributed by atoms with Crippen LogP contribution in [0, 0.1) is 0 Å². The lowest BCUT2D eigenvalue weighted by atomic mass is 10.0. The van der Waals surface area contributed by atoms with Crippen LogP contribution in [0.15, 0.2) is 66.7 Å². The maximum Gasteiger partial charge on any atom is 0.333 e. The first-order valence-electron chi connectivity index (χ1n) is 7.52. The minimum absolute atomic E-state index is 0.210. The van der Waals surface area contributed by atoms with Gasteiger partial charge in [0.15, 0.2) is 0 Å². The van der Waals surface area contributed by atoms with E-state index in [1.165, 1.54) is 16.2 Å². The summed E-state index contributed by atoms with van der Waals surface area (Å²) in [6.45, 7) is 5.68. The van der Waals surface area contributed by atoms with Gasteiger partial charge in [-0.25, -0.2) is 4.79 Å². The first-order chi connectivity index (χ1) is 11.1. The van der Waals surface area contributed by atoms with Crippen molar-refractivity contribution in [3.05, 3.63) is 66.7 Å². The summed E-state index contributed by atoms with van der Waals surface area (Å²) < 4.78 is 10.7. The molecule has 0 spiro atoms. The van der Waals surface area contributed by atoms with E-state index in [1.807, 2.05) is 24.3 Å².